The molecule has 5 nitrogen and oxygen atoms in total. The number of rotatable bonds is 3. The first-order chi connectivity index (χ1) is 19.2. The summed E-state index contributed by atoms with van der Waals surface area (Å²) in [5.41, 5.74) is 4.16. The molecule has 0 radical (unpaired) electrons. The van der Waals surface area contributed by atoms with Gasteiger partial charge in [0.2, 0.25) is 0 Å². The number of nitrogens with zero attached hydrogens (tertiary/aromatic N) is 1. The smallest absolute Gasteiger partial charge is 0.355 e. The van der Waals surface area contributed by atoms with Crippen LogP contribution in [0.2, 0.25) is 5.02 Å². The summed E-state index contributed by atoms with van der Waals surface area (Å²) in [6, 6.07) is 22.2. The number of halogens is 1. The van der Waals surface area contributed by atoms with Crippen molar-refractivity contribution in [2.45, 2.75) is 32.6 Å². The zero-order chi connectivity index (χ0) is 27.8. The molecule has 0 bridgehead atoms. The fourth-order valence-corrected chi connectivity index (χ4v) is 7.71. The van der Waals surface area contributed by atoms with Gasteiger partial charge >= 0.3 is 5.97 Å². The molecule has 198 valence electrons. The molecular formula is C33H24ClNO4S. The number of allylic oxidation sites excluding steroid dienone is 1. The van der Waals surface area contributed by atoms with Crippen molar-refractivity contribution in [2.75, 3.05) is 0 Å². The second kappa shape index (κ2) is 9.08. The Morgan fingerprint density at radius 2 is 1.62 bits per heavy atom. The highest BCUT2D eigenvalue weighted by molar-refractivity contribution is 7.21. The summed E-state index contributed by atoms with van der Waals surface area (Å²) in [6.45, 7) is 4.17. The van der Waals surface area contributed by atoms with Gasteiger partial charge in [-0.15, -0.1) is 11.3 Å². The zero-order valence-electron chi connectivity index (χ0n) is 21.9. The summed E-state index contributed by atoms with van der Waals surface area (Å²) >= 11 is 7.77. The molecule has 1 fully saturated rings. The molecule has 1 unspecified atom stereocenters. The monoisotopic (exact) mass is 565 g/mol. The molecule has 7 rings (SSSR count). The van der Waals surface area contributed by atoms with Crippen LogP contribution >= 0.6 is 22.9 Å². The Morgan fingerprint density at radius 1 is 0.925 bits per heavy atom. The first-order valence-corrected chi connectivity index (χ1v) is 14.4. The zero-order valence-corrected chi connectivity index (χ0v) is 23.4. The van der Waals surface area contributed by atoms with E-state index >= 15 is 0 Å². The third-order valence-corrected chi connectivity index (χ3v) is 9.67. The highest BCUT2D eigenvalue weighted by atomic mass is 35.5. The maximum absolute atomic E-state index is 13.7. The highest BCUT2D eigenvalue weighted by Crippen LogP contribution is 2.52. The lowest BCUT2D eigenvalue weighted by Crippen LogP contribution is -2.43. The van der Waals surface area contributed by atoms with Crippen molar-refractivity contribution in [2.24, 2.45) is 16.3 Å². The molecule has 2 heterocycles. The van der Waals surface area contributed by atoms with Crippen LogP contribution in [0.15, 0.2) is 83.4 Å². The number of aliphatic imine (C=N–C) groups is 1. The van der Waals surface area contributed by atoms with E-state index in [-0.39, 0.29) is 17.0 Å². The molecule has 7 heteroatoms. The van der Waals surface area contributed by atoms with E-state index in [9.17, 15) is 14.4 Å². The Morgan fingerprint density at radius 3 is 2.38 bits per heavy atom. The van der Waals surface area contributed by atoms with Crippen molar-refractivity contribution in [3.8, 4) is 5.75 Å². The van der Waals surface area contributed by atoms with Gasteiger partial charge < -0.3 is 4.74 Å². The molecule has 4 aromatic rings. The van der Waals surface area contributed by atoms with E-state index in [1.165, 1.54) is 11.3 Å². The fraction of sp³-hybridized carbons (Fsp3) is 0.212. The molecule has 2 atom stereocenters. The van der Waals surface area contributed by atoms with Crippen LogP contribution in [0.3, 0.4) is 0 Å². The van der Waals surface area contributed by atoms with E-state index in [2.05, 4.69) is 13.8 Å². The third kappa shape index (κ3) is 3.89. The number of Topliss-reactive ketones (excluding diaryl/α,β-unsaturated/α-hetero) is 2. The number of carbonyl (C=O) groups is 3. The first kappa shape index (κ1) is 25.1. The average molecular weight is 566 g/mol. The lowest BCUT2D eigenvalue weighted by atomic mass is 9.63. The van der Waals surface area contributed by atoms with Gasteiger partial charge in [-0.2, -0.15) is 0 Å². The maximum Gasteiger partial charge on any atom is 0.355 e. The Bertz CT molecular complexity index is 1830. The largest absolute Gasteiger partial charge is 0.422 e. The molecule has 1 aromatic heterocycles. The van der Waals surface area contributed by atoms with Gasteiger partial charge in [-0.05, 0) is 35.6 Å². The lowest BCUT2D eigenvalue weighted by Gasteiger charge is -2.40. The molecular weight excluding hydrogens is 542 g/mol. The van der Waals surface area contributed by atoms with E-state index in [1.807, 2.05) is 60.7 Å². The standard InChI is InChI=1S/C33H24ClNO4S/c1-33(2)15-22-26(23(36)16-33)25(27-29(35-22)19-7-3-4-8-20(19)30(27)37)17-11-13-18(14-12-17)39-32(38)31-28(34)21-9-5-6-10-24(21)40-31/h3-14,25-26H,15-16H2,1-2H3/t25-,26?/m0/s1. The Hall–Kier alpha value is -3.87. The van der Waals surface area contributed by atoms with Crippen molar-refractivity contribution < 1.29 is 19.1 Å². The SMILES string of the molecule is CC1(C)CC(=O)C2C(=NC3=C(C(=O)c4ccccc43)[C@H]2c2ccc(OC(=O)c3sc4ccccc4c3Cl)cc2)C1. The van der Waals surface area contributed by atoms with Crippen molar-refractivity contribution in [1.82, 2.24) is 0 Å². The van der Waals surface area contributed by atoms with Gasteiger partial charge in [0, 0.05) is 44.8 Å². The minimum absolute atomic E-state index is 0.0778. The quantitative estimate of drug-likeness (QED) is 0.187. The number of esters is 1. The van der Waals surface area contributed by atoms with Crippen molar-refractivity contribution >= 4 is 62.0 Å². The van der Waals surface area contributed by atoms with Gasteiger partial charge in [-0.25, -0.2) is 4.79 Å². The van der Waals surface area contributed by atoms with Crippen LogP contribution in [-0.4, -0.2) is 23.2 Å². The minimum atomic E-state index is -0.526. The van der Waals surface area contributed by atoms with E-state index in [1.54, 1.807) is 12.1 Å². The second-order valence-electron chi connectivity index (χ2n) is 11.4. The summed E-state index contributed by atoms with van der Waals surface area (Å²) in [6.07, 6.45) is 1.13. The number of benzene rings is 3. The molecule has 1 saturated carbocycles. The average Bonchev–Trinajstić information content (AvgIpc) is 3.42. The third-order valence-electron chi connectivity index (χ3n) is 8.01. The summed E-state index contributed by atoms with van der Waals surface area (Å²) in [7, 11) is 0. The van der Waals surface area contributed by atoms with Gasteiger partial charge in [-0.3, -0.25) is 14.6 Å². The number of fused-ring (bicyclic) bond motifs is 4. The van der Waals surface area contributed by atoms with Gasteiger partial charge in [0.15, 0.2) is 5.78 Å². The number of ketones is 2. The number of thiophene rings is 1. The molecule has 3 aliphatic rings. The second-order valence-corrected chi connectivity index (χ2v) is 12.8. The van der Waals surface area contributed by atoms with Crippen LogP contribution < -0.4 is 4.74 Å². The number of ether oxygens (including phenoxy) is 1. The summed E-state index contributed by atoms with van der Waals surface area (Å²) < 4.78 is 6.60. The van der Waals surface area contributed by atoms with Crippen LogP contribution in [0.4, 0.5) is 0 Å². The van der Waals surface area contributed by atoms with Gasteiger partial charge in [0.1, 0.15) is 16.4 Å². The molecule has 0 N–H and O–H groups in total. The molecule has 0 amide bonds. The van der Waals surface area contributed by atoms with Gasteiger partial charge in [0.25, 0.3) is 0 Å². The first-order valence-electron chi connectivity index (χ1n) is 13.2. The maximum atomic E-state index is 13.7. The number of hydrogen-bond acceptors (Lipinski definition) is 6. The van der Waals surface area contributed by atoms with Crippen LogP contribution in [0.5, 0.6) is 5.75 Å². The summed E-state index contributed by atoms with van der Waals surface area (Å²) in [5, 5.41) is 1.20. The minimum Gasteiger partial charge on any atom is -0.422 e. The predicted octanol–water partition coefficient (Wildman–Crippen LogP) is 7.93. The van der Waals surface area contributed by atoms with Crippen molar-refractivity contribution in [1.29, 1.82) is 0 Å². The van der Waals surface area contributed by atoms with Gasteiger partial charge in [0.05, 0.1) is 16.6 Å². The molecule has 0 saturated heterocycles. The van der Waals surface area contributed by atoms with Gasteiger partial charge in [-0.1, -0.05) is 80.0 Å². The topological polar surface area (TPSA) is 72.8 Å². The predicted molar refractivity (Wildman–Crippen MR) is 158 cm³/mol. The van der Waals surface area contributed by atoms with E-state index in [0.29, 0.717) is 45.3 Å². The number of carbonyl (C=O) groups excluding carboxylic acids is 3. The van der Waals surface area contributed by atoms with E-state index in [0.717, 1.165) is 26.9 Å². The molecule has 40 heavy (non-hydrogen) atoms. The molecule has 3 aromatic carbocycles. The number of hydrogen-bond donors (Lipinski definition) is 0. The van der Waals surface area contributed by atoms with E-state index < -0.39 is 17.8 Å². The fourth-order valence-electron chi connectivity index (χ4n) is 6.32. The molecule has 2 aliphatic carbocycles. The summed E-state index contributed by atoms with van der Waals surface area (Å²) in [4.78, 5) is 45.6. The Kier molecular flexibility index (Phi) is 5.70. The van der Waals surface area contributed by atoms with Crippen LogP contribution in [0.1, 0.15) is 63.8 Å². The lowest BCUT2D eigenvalue weighted by molar-refractivity contribution is -0.124. The van der Waals surface area contributed by atoms with Crippen molar-refractivity contribution in [3.63, 3.8) is 0 Å². The van der Waals surface area contributed by atoms with Crippen LogP contribution in [0, 0.1) is 11.3 Å². The molecule has 1 aliphatic heterocycles. The van der Waals surface area contributed by atoms with Crippen molar-refractivity contribution in [3.05, 3.63) is 105 Å². The van der Waals surface area contributed by atoms with Crippen LogP contribution in [-0.2, 0) is 4.79 Å². The Balaban J connectivity index is 1.25. The normalized spacial score (nSPS) is 21.1. The summed E-state index contributed by atoms with van der Waals surface area (Å²) in [5.74, 6) is -1.08. The van der Waals surface area contributed by atoms with E-state index in [4.69, 9.17) is 21.3 Å². The van der Waals surface area contributed by atoms with Crippen LogP contribution in [0.25, 0.3) is 15.8 Å². The molecule has 0 spiro atoms. The highest BCUT2D eigenvalue weighted by Gasteiger charge is 2.50. The Labute approximate surface area is 240 Å².